The van der Waals surface area contributed by atoms with Crippen LogP contribution in [0.25, 0.3) is 0 Å². The number of carbonyl (C=O) groups excluding carboxylic acids is 2. The number of amides is 1. The number of nitrogens with one attached hydrogen (secondary N) is 1. The number of unbranched alkanes of at least 4 members (excludes halogenated alkanes) is 40. The predicted molar refractivity (Wildman–Crippen MR) is 278 cm³/mol. The molecule has 0 fully saturated rings. The second-order valence-corrected chi connectivity index (χ2v) is 19.6. The molecule has 0 radical (unpaired) electrons. The molecule has 378 valence electrons. The number of carbonyl (C=O) groups is 2. The summed E-state index contributed by atoms with van der Waals surface area (Å²) in [7, 11) is 0. The maximum atomic E-state index is 12.4. The molecule has 2 atom stereocenters. The molecule has 3 N–H and O–H groups in total. The summed E-state index contributed by atoms with van der Waals surface area (Å²) in [6, 6.07) is -0.632. The number of aliphatic hydroxyl groups excluding tert-OH is 2. The van der Waals surface area contributed by atoms with Crippen molar-refractivity contribution in [3.63, 3.8) is 0 Å². The lowest BCUT2D eigenvalue weighted by Crippen LogP contribution is -2.45. The van der Waals surface area contributed by atoms with E-state index >= 15 is 0 Å². The van der Waals surface area contributed by atoms with E-state index in [1.54, 1.807) is 6.08 Å². The zero-order valence-corrected chi connectivity index (χ0v) is 43.0. The molecule has 0 aliphatic rings. The predicted octanol–water partition coefficient (Wildman–Crippen LogP) is 17.5. The van der Waals surface area contributed by atoms with Crippen molar-refractivity contribution in [3.05, 3.63) is 24.3 Å². The topological polar surface area (TPSA) is 95.9 Å². The van der Waals surface area contributed by atoms with Gasteiger partial charge in [-0.15, -0.1) is 0 Å². The van der Waals surface area contributed by atoms with Crippen molar-refractivity contribution in [2.24, 2.45) is 0 Å². The zero-order chi connectivity index (χ0) is 46.5. The summed E-state index contributed by atoms with van der Waals surface area (Å²) >= 11 is 0. The largest absolute Gasteiger partial charge is 0.466 e. The Kier molecular flexibility index (Phi) is 52.6. The summed E-state index contributed by atoms with van der Waals surface area (Å²) in [6.45, 7) is 4.90. The van der Waals surface area contributed by atoms with E-state index in [2.05, 4.69) is 31.3 Å². The molecule has 0 aromatic rings. The molecule has 0 rings (SSSR count). The highest BCUT2D eigenvalue weighted by atomic mass is 16.5. The van der Waals surface area contributed by atoms with Gasteiger partial charge in [-0.05, 0) is 57.8 Å². The first-order valence-corrected chi connectivity index (χ1v) is 28.6. The van der Waals surface area contributed by atoms with Crippen molar-refractivity contribution in [1.29, 1.82) is 0 Å². The van der Waals surface area contributed by atoms with E-state index in [0.29, 0.717) is 19.4 Å². The van der Waals surface area contributed by atoms with Crippen molar-refractivity contribution in [3.8, 4) is 0 Å². The summed E-state index contributed by atoms with van der Waals surface area (Å²) in [5.41, 5.74) is 0. The van der Waals surface area contributed by atoms with E-state index in [1.165, 1.54) is 238 Å². The molecule has 0 aliphatic heterocycles. The Balaban J connectivity index is 3.44. The first-order valence-electron chi connectivity index (χ1n) is 28.6. The highest BCUT2D eigenvalue weighted by Crippen LogP contribution is 2.16. The van der Waals surface area contributed by atoms with Crippen molar-refractivity contribution in [2.45, 2.75) is 321 Å². The molecule has 0 aromatic carbocycles. The lowest BCUT2D eigenvalue weighted by atomic mass is 10.0. The summed E-state index contributed by atoms with van der Waals surface area (Å²) in [6.07, 6.45) is 64.8. The van der Waals surface area contributed by atoms with Crippen molar-refractivity contribution in [2.75, 3.05) is 13.2 Å². The Morgan fingerprint density at radius 1 is 0.422 bits per heavy atom. The second kappa shape index (κ2) is 54.0. The van der Waals surface area contributed by atoms with E-state index in [-0.39, 0.29) is 18.5 Å². The van der Waals surface area contributed by atoms with Crippen molar-refractivity contribution in [1.82, 2.24) is 5.32 Å². The van der Waals surface area contributed by atoms with Crippen molar-refractivity contribution >= 4 is 11.9 Å². The maximum absolute atomic E-state index is 12.4. The van der Waals surface area contributed by atoms with Crippen LogP contribution in [0.2, 0.25) is 0 Å². The van der Waals surface area contributed by atoms with Crippen LogP contribution in [0.4, 0.5) is 0 Å². The van der Waals surface area contributed by atoms with Gasteiger partial charge in [0.2, 0.25) is 5.91 Å². The van der Waals surface area contributed by atoms with Gasteiger partial charge in [0.15, 0.2) is 0 Å². The van der Waals surface area contributed by atoms with E-state index in [0.717, 1.165) is 44.9 Å². The van der Waals surface area contributed by atoms with Crippen molar-refractivity contribution < 1.29 is 24.5 Å². The van der Waals surface area contributed by atoms with Crippen LogP contribution in [0.3, 0.4) is 0 Å². The van der Waals surface area contributed by atoms with E-state index in [9.17, 15) is 19.8 Å². The minimum atomic E-state index is -0.848. The number of esters is 1. The third-order valence-electron chi connectivity index (χ3n) is 13.2. The van der Waals surface area contributed by atoms with E-state index in [1.807, 2.05) is 6.08 Å². The van der Waals surface area contributed by atoms with Crippen LogP contribution < -0.4 is 5.32 Å². The van der Waals surface area contributed by atoms with E-state index < -0.39 is 12.1 Å². The van der Waals surface area contributed by atoms with Crippen LogP contribution in [0.1, 0.15) is 309 Å². The highest BCUT2D eigenvalue weighted by Gasteiger charge is 2.18. The standard InChI is InChI=1S/C58H111NO5/c1-3-5-7-9-11-13-15-26-30-34-38-42-46-50-56(61)55(54-60)59-57(62)51-47-43-39-35-31-28-24-22-20-18-17-19-21-23-25-29-33-37-41-45-49-53-64-58(63)52-48-44-40-36-32-27-16-14-12-10-8-6-4-2/h18,20,46,50,55-56,60-61H,3-17,19,21-45,47-49,51-54H2,1-2H3,(H,59,62)/b20-18-,50-46+. The van der Waals surface area contributed by atoms with Gasteiger partial charge in [-0.25, -0.2) is 0 Å². The van der Waals surface area contributed by atoms with Gasteiger partial charge in [0, 0.05) is 12.8 Å². The molecule has 1 amide bonds. The van der Waals surface area contributed by atoms with Crippen LogP contribution in [-0.2, 0) is 14.3 Å². The van der Waals surface area contributed by atoms with Gasteiger partial charge in [-0.1, -0.05) is 263 Å². The highest BCUT2D eigenvalue weighted by molar-refractivity contribution is 5.76. The molecule has 0 spiro atoms. The number of hydrogen-bond acceptors (Lipinski definition) is 5. The molecular weight excluding hydrogens is 791 g/mol. The fourth-order valence-electron chi connectivity index (χ4n) is 8.81. The first kappa shape index (κ1) is 62.3. The molecule has 6 heteroatoms. The fourth-order valence-corrected chi connectivity index (χ4v) is 8.81. The van der Waals surface area contributed by atoms with Gasteiger partial charge in [0.05, 0.1) is 25.4 Å². The van der Waals surface area contributed by atoms with Gasteiger partial charge in [-0.2, -0.15) is 0 Å². The number of allylic oxidation sites excluding steroid dienone is 3. The minimum absolute atomic E-state index is 0.00905. The van der Waals surface area contributed by atoms with Crippen LogP contribution >= 0.6 is 0 Å². The Labute approximate surface area is 399 Å². The molecule has 2 unspecified atom stereocenters. The zero-order valence-electron chi connectivity index (χ0n) is 43.0. The molecule has 0 bridgehead atoms. The van der Waals surface area contributed by atoms with Gasteiger partial charge in [-0.3, -0.25) is 9.59 Å². The van der Waals surface area contributed by atoms with Crippen LogP contribution in [-0.4, -0.2) is 47.4 Å². The molecule has 0 aromatic heterocycles. The number of aliphatic hydroxyl groups is 2. The minimum Gasteiger partial charge on any atom is -0.466 e. The number of ether oxygens (including phenoxy) is 1. The fraction of sp³-hybridized carbons (Fsp3) is 0.897. The number of hydrogen-bond donors (Lipinski definition) is 3. The Hall–Kier alpha value is -1.66. The molecule has 0 saturated heterocycles. The normalized spacial score (nSPS) is 12.8. The second-order valence-electron chi connectivity index (χ2n) is 19.6. The first-order chi connectivity index (χ1) is 31.5. The summed E-state index contributed by atoms with van der Waals surface area (Å²) in [5.74, 6) is -0.0665. The van der Waals surface area contributed by atoms with Gasteiger partial charge < -0.3 is 20.3 Å². The smallest absolute Gasteiger partial charge is 0.305 e. The lowest BCUT2D eigenvalue weighted by molar-refractivity contribution is -0.143. The van der Waals surface area contributed by atoms with Crippen LogP contribution in [0.15, 0.2) is 24.3 Å². The molecule has 0 saturated carbocycles. The number of rotatable bonds is 53. The third-order valence-corrected chi connectivity index (χ3v) is 13.2. The third kappa shape index (κ3) is 49.8. The Bertz CT molecular complexity index is 997. The molecule has 0 aliphatic carbocycles. The van der Waals surface area contributed by atoms with Crippen LogP contribution in [0, 0.1) is 0 Å². The Morgan fingerprint density at radius 3 is 1.11 bits per heavy atom. The summed E-state index contributed by atoms with van der Waals surface area (Å²) in [4.78, 5) is 24.4. The molecular formula is C58H111NO5. The average molecular weight is 903 g/mol. The van der Waals surface area contributed by atoms with Gasteiger partial charge >= 0.3 is 5.97 Å². The molecule has 0 heterocycles. The molecule has 6 nitrogen and oxygen atoms in total. The van der Waals surface area contributed by atoms with Gasteiger partial charge in [0.1, 0.15) is 0 Å². The van der Waals surface area contributed by atoms with E-state index in [4.69, 9.17) is 4.74 Å². The quantitative estimate of drug-likeness (QED) is 0.0321. The Morgan fingerprint density at radius 2 is 0.734 bits per heavy atom. The summed E-state index contributed by atoms with van der Waals surface area (Å²) in [5, 5.41) is 23.0. The lowest BCUT2D eigenvalue weighted by Gasteiger charge is -2.20. The van der Waals surface area contributed by atoms with Gasteiger partial charge in [0.25, 0.3) is 0 Å². The molecule has 64 heavy (non-hydrogen) atoms. The average Bonchev–Trinajstić information content (AvgIpc) is 3.29. The monoisotopic (exact) mass is 902 g/mol. The maximum Gasteiger partial charge on any atom is 0.305 e. The SMILES string of the molecule is CCCCCCCCCCCCC/C=C/C(O)C(CO)NC(=O)CCCCCCCCC/C=C\CCCCCCCCCCCCOC(=O)CCCCCCCCCCCCCCC. The summed E-state index contributed by atoms with van der Waals surface area (Å²) < 4.78 is 5.47. The van der Waals surface area contributed by atoms with Crippen LogP contribution in [0.5, 0.6) is 0 Å².